The lowest BCUT2D eigenvalue weighted by atomic mass is 9.79. The molecule has 13 rings (SSSR count). The molecular formula is C67H62N6O6. The lowest BCUT2D eigenvalue weighted by Gasteiger charge is -2.41. The number of hydrogen-bond donors (Lipinski definition) is 5. The van der Waals surface area contributed by atoms with E-state index in [1.165, 1.54) is 0 Å². The highest BCUT2D eigenvalue weighted by Crippen LogP contribution is 2.56. The Labute approximate surface area is 458 Å². The minimum absolute atomic E-state index is 0.0634. The van der Waals surface area contributed by atoms with Gasteiger partial charge in [0.2, 0.25) is 17.6 Å². The number of ketones is 1. The Morgan fingerprint density at radius 3 is 1.95 bits per heavy atom. The SMILES string of the molecule is CCCNC(=O)CCCCOc1ccc2c(c1)C1(N=c3c(=C4C(=O)C(c5ccc6cccc7c6c5NC5(N7)c6ccccc6-c6ccc(OCCCCC(=O)N(C)CCC)cc65)=C4O)ccc4cccc(c34)N1)c1ccccc1-2. The van der Waals surface area contributed by atoms with Crippen molar-refractivity contribution in [2.24, 2.45) is 4.99 Å². The maximum atomic E-state index is 15.3. The van der Waals surface area contributed by atoms with Gasteiger partial charge in [0.05, 0.1) is 35.4 Å². The number of aliphatic hydroxyl groups excluding tert-OH is 1. The number of unbranched alkanes of at least 4 members (excludes halogenated alkanes) is 2. The summed E-state index contributed by atoms with van der Waals surface area (Å²) < 4.78 is 12.8. The summed E-state index contributed by atoms with van der Waals surface area (Å²) in [6, 6.07) is 49.2. The number of nitrogens with zero attached hydrogens (tertiary/aromatic N) is 2. The third-order valence-corrected chi connectivity index (χ3v) is 16.4. The highest BCUT2D eigenvalue weighted by atomic mass is 16.5. The van der Waals surface area contributed by atoms with E-state index in [0.29, 0.717) is 54.5 Å². The third kappa shape index (κ3) is 8.09. The molecule has 396 valence electrons. The minimum atomic E-state index is -1.09. The molecular weight excluding hydrogens is 985 g/mol. The number of anilines is 3. The molecule has 2 unspecified atom stereocenters. The number of fused-ring (bicyclic) bond motifs is 10. The zero-order chi connectivity index (χ0) is 54.0. The van der Waals surface area contributed by atoms with Crippen molar-refractivity contribution in [3.63, 3.8) is 0 Å². The quantitative estimate of drug-likeness (QED) is 0.0561. The smallest absolute Gasteiger partial charge is 0.222 e. The maximum Gasteiger partial charge on any atom is 0.222 e. The molecule has 0 saturated carbocycles. The van der Waals surface area contributed by atoms with E-state index < -0.39 is 11.3 Å². The van der Waals surface area contributed by atoms with Crippen molar-refractivity contribution in [3.05, 3.63) is 190 Å². The van der Waals surface area contributed by atoms with Crippen molar-refractivity contribution in [2.75, 3.05) is 49.3 Å². The van der Waals surface area contributed by atoms with Gasteiger partial charge >= 0.3 is 0 Å². The molecule has 0 bridgehead atoms. The lowest BCUT2D eigenvalue weighted by Crippen LogP contribution is -2.45. The van der Waals surface area contributed by atoms with Crippen LogP contribution in [-0.4, -0.2) is 61.0 Å². The van der Waals surface area contributed by atoms with E-state index in [0.717, 1.165) is 134 Å². The molecule has 0 fully saturated rings. The van der Waals surface area contributed by atoms with E-state index >= 15 is 4.79 Å². The number of Topliss-reactive ketones (excluding diaryl/α,β-unsaturated/α-hetero) is 1. The van der Waals surface area contributed by atoms with Gasteiger partial charge in [-0.05, 0) is 108 Å². The van der Waals surface area contributed by atoms with Crippen LogP contribution >= 0.6 is 0 Å². The number of nitrogens with one attached hydrogen (secondary N) is 4. The van der Waals surface area contributed by atoms with Crippen LogP contribution in [0.25, 0.3) is 54.9 Å². The standard InChI is InChI=1S/C67H62N6O6/c1-4-34-68-56(74)24-10-12-36-78-42-28-32-46-44-18-6-8-20-50(44)66(52(46)38-42)69-54-22-14-16-40-26-30-48(62(71-66)58(40)54)60-64(76)61(65(60)77)49-31-27-41-17-15-23-55-59(41)63(49)72-67(70-55)51-21-9-7-19-45(51)47-33-29-43(39-53(47)67)79-37-13-11-25-57(75)73(3)35-5-2/h6-9,14-23,26-33,38-39,69-70,72,76H,4-5,10-13,24-25,34-37H2,1-3H3,(H,68,74). The molecule has 2 amide bonds. The number of ether oxygens (including phenoxy) is 2. The monoisotopic (exact) mass is 1050 g/mol. The third-order valence-electron chi connectivity index (χ3n) is 16.4. The molecule has 3 aliphatic carbocycles. The Morgan fingerprint density at radius 2 is 1.23 bits per heavy atom. The predicted octanol–water partition coefficient (Wildman–Crippen LogP) is 11.8. The molecule has 2 heterocycles. The van der Waals surface area contributed by atoms with Gasteiger partial charge in [-0.2, -0.15) is 0 Å². The fourth-order valence-corrected chi connectivity index (χ4v) is 12.7. The average Bonchev–Trinajstić information content (AvgIpc) is 3.53. The van der Waals surface area contributed by atoms with E-state index in [-0.39, 0.29) is 34.5 Å². The zero-order valence-corrected chi connectivity index (χ0v) is 44.7. The molecule has 12 heteroatoms. The van der Waals surface area contributed by atoms with Crippen molar-refractivity contribution in [1.82, 2.24) is 10.2 Å². The second-order valence-electron chi connectivity index (χ2n) is 21.4. The van der Waals surface area contributed by atoms with Gasteiger partial charge in [0.15, 0.2) is 11.3 Å². The molecule has 8 aromatic carbocycles. The molecule has 8 aromatic rings. The molecule has 0 aromatic heterocycles. The molecule has 2 spiro atoms. The van der Waals surface area contributed by atoms with E-state index in [2.05, 4.69) is 94.9 Å². The van der Waals surface area contributed by atoms with Crippen LogP contribution in [0.3, 0.4) is 0 Å². The van der Waals surface area contributed by atoms with E-state index in [4.69, 9.17) is 14.5 Å². The van der Waals surface area contributed by atoms with Crippen LogP contribution in [0.4, 0.5) is 17.1 Å². The predicted molar refractivity (Wildman–Crippen MR) is 313 cm³/mol. The number of hydrogen-bond acceptors (Lipinski definition) is 10. The Bertz CT molecular complexity index is 4040. The minimum Gasteiger partial charge on any atom is -0.506 e. The molecule has 2 atom stereocenters. The van der Waals surface area contributed by atoms with E-state index in [9.17, 15) is 14.7 Å². The van der Waals surface area contributed by atoms with Crippen LogP contribution in [-0.2, 0) is 25.7 Å². The van der Waals surface area contributed by atoms with Crippen LogP contribution in [0.2, 0.25) is 0 Å². The van der Waals surface area contributed by atoms with Crippen molar-refractivity contribution >= 4 is 67.4 Å². The second kappa shape index (κ2) is 19.8. The first-order chi connectivity index (χ1) is 38.6. The lowest BCUT2D eigenvalue weighted by molar-refractivity contribution is -0.130. The first-order valence-electron chi connectivity index (χ1n) is 27.9. The number of benzene rings is 8. The first kappa shape index (κ1) is 49.7. The van der Waals surface area contributed by atoms with Crippen LogP contribution in [0, 0.1) is 0 Å². The fraction of sp³-hybridized carbons (Fsp3) is 0.254. The van der Waals surface area contributed by atoms with Crippen molar-refractivity contribution in [3.8, 4) is 33.8 Å². The van der Waals surface area contributed by atoms with Gasteiger partial charge in [0.25, 0.3) is 0 Å². The number of rotatable bonds is 17. The largest absolute Gasteiger partial charge is 0.506 e. The molecule has 12 nitrogen and oxygen atoms in total. The van der Waals surface area contributed by atoms with Gasteiger partial charge in [-0.1, -0.05) is 123 Å². The molecule has 0 saturated heterocycles. The van der Waals surface area contributed by atoms with E-state index in [1.807, 2.05) is 92.8 Å². The van der Waals surface area contributed by atoms with Crippen molar-refractivity contribution in [2.45, 2.75) is 76.5 Å². The topological polar surface area (TPSA) is 154 Å². The summed E-state index contributed by atoms with van der Waals surface area (Å²) in [6.45, 7) is 6.48. The summed E-state index contributed by atoms with van der Waals surface area (Å²) in [6.07, 6.45) is 5.71. The molecule has 0 radical (unpaired) electrons. The fourth-order valence-electron chi connectivity index (χ4n) is 12.7. The summed E-state index contributed by atoms with van der Waals surface area (Å²) in [5.41, 5.74) is 9.52. The maximum absolute atomic E-state index is 15.3. The number of allylic oxidation sites excluding steroid dienone is 2. The summed E-state index contributed by atoms with van der Waals surface area (Å²) >= 11 is 0. The van der Waals surface area contributed by atoms with Gasteiger partial charge in [0.1, 0.15) is 17.3 Å². The van der Waals surface area contributed by atoms with Gasteiger partial charge in [-0.25, -0.2) is 4.99 Å². The molecule has 5 aliphatic rings. The Hall–Kier alpha value is -8.90. The Kier molecular flexibility index (Phi) is 12.5. The Balaban J connectivity index is 0.884. The number of carbonyl (C=O) groups is 3. The zero-order valence-electron chi connectivity index (χ0n) is 44.7. The van der Waals surface area contributed by atoms with Crippen LogP contribution < -0.4 is 41.3 Å². The number of aliphatic hydroxyl groups is 1. The summed E-state index contributed by atoms with van der Waals surface area (Å²) in [5, 5.41) is 32.3. The van der Waals surface area contributed by atoms with Gasteiger partial charge < -0.3 is 40.7 Å². The van der Waals surface area contributed by atoms with Crippen molar-refractivity contribution in [1.29, 1.82) is 0 Å². The highest BCUT2D eigenvalue weighted by Gasteiger charge is 2.49. The van der Waals surface area contributed by atoms with Gasteiger partial charge in [0, 0.05) is 88.2 Å². The Morgan fingerprint density at radius 1 is 0.608 bits per heavy atom. The molecule has 2 aliphatic heterocycles. The molecule has 79 heavy (non-hydrogen) atoms. The summed E-state index contributed by atoms with van der Waals surface area (Å²) in [7, 11) is 1.86. The van der Waals surface area contributed by atoms with Crippen molar-refractivity contribution < 1.29 is 29.0 Å². The normalized spacial score (nSPS) is 18.2. The van der Waals surface area contributed by atoms with Crippen LogP contribution in [0.15, 0.2) is 156 Å². The summed E-state index contributed by atoms with van der Waals surface area (Å²) in [5.74, 6) is 1.27. The first-order valence-corrected chi connectivity index (χ1v) is 27.9. The summed E-state index contributed by atoms with van der Waals surface area (Å²) in [4.78, 5) is 47.7. The van der Waals surface area contributed by atoms with Crippen LogP contribution in [0.1, 0.15) is 93.0 Å². The number of carbonyl (C=O) groups excluding carboxylic acids is 3. The van der Waals surface area contributed by atoms with Gasteiger partial charge in [-0.3, -0.25) is 14.4 Å². The number of amides is 2. The van der Waals surface area contributed by atoms with Crippen LogP contribution in [0.5, 0.6) is 11.5 Å². The van der Waals surface area contributed by atoms with E-state index in [1.54, 1.807) is 4.90 Å². The van der Waals surface area contributed by atoms with Gasteiger partial charge in [-0.15, -0.1) is 0 Å². The second-order valence-corrected chi connectivity index (χ2v) is 21.4. The molecule has 5 N–H and O–H groups in total. The average molecular weight is 1050 g/mol. The highest BCUT2D eigenvalue weighted by molar-refractivity contribution is 6.52.